The smallest absolute Gasteiger partial charge is 0.308 e. The number of ether oxygens (including phenoxy) is 3. The number of Topliss-reactive ketones (excluding diaryl/α,β-unsaturated/α-hetero) is 1. The first kappa shape index (κ1) is 16.8. The monoisotopic (exact) mass is 318 g/mol. The highest BCUT2D eigenvalue weighted by molar-refractivity contribution is 6.08. The Morgan fingerprint density at radius 2 is 1.83 bits per heavy atom. The van der Waals surface area contributed by atoms with Gasteiger partial charge in [-0.15, -0.1) is 0 Å². The topological polar surface area (TPSA) is 82.1 Å². The zero-order chi connectivity index (χ0) is 17.0. The number of hydrogen-bond donors (Lipinski definition) is 1. The number of phenolic OH excluding ortho intramolecular Hbond substituents is 1. The number of phenols is 1. The zero-order valence-electron chi connectivity index (χ0n) is 13.2. The molecular weight excluding hydrogens is 300 g/mol. The predicted molar refractivity (Wildman–Crippen MR) is 83.9 cm³/mol. The third-order valence-corrected chi connectivity index (χ3v) is 3.64. The van der Waals surface area contributed by atoms with E-state index >= 15 is 0 Å². The lowest BCUT2D eigenvalue weighted by Gasteiger charge is -2.15. The molecule has 23 heavy (non-hydrogen) atoms. The molecule has 0 aliphatic rings. The molecule has 1 atom stereocenters. The molecule has 6 nitrogen and oxygen atoms in total. The highest BCUT2D eigenvalue weighted by Crippen LogP contribution is 2.34. The molecule has 2 rings (SSSR count). The summed E-state index contributed by atoms with van der Waals surface area (Å²) in [5.74, 6) is -0.625. The van der Waals surface area contributed by atoms with Crippen LogP contribution >= 0.6 is 0 Å². The number of carbonyl (C=O) groups is 2. The summed E-state index contributed by atoms with van der Waals surface area (Å²) in [7, 11) is 4.09. The summed E-state index contributed by atoms with van der Waals surface area (Å²) < 4.78 is 14.9. The van der Waals surface area contributed by atoms with Crippen molar-refractivity contribution in [3.05, 3.63) is 35.9 Å². The molecule has 0 fully saturated rings. The zero-order valence-corrected chi connectivity index (χ0v) is 13.2. The van der Waals surface area contributed by atoms with Crippen LogP contribution in [0, 0.1) is 0 Å². The van der Waals surface area contributed by atoms with Gasteiger partial charge < -0.3 is 19.3 Å². The number of esters is 1. The highest BCUT2D eigenvalue weighted by atomic mass is 16.5. The second-order valence-corrected chi connectivity index (χ2v) is 4.89. The fraction of sp³-hybridized carbons (Fsp3) is 0.294. The second-order valence-electron chi connectivity index (χ2n) is 4.89. The first-order valence-electron chi connectivity index (χ1n) is 6.96. The SMILES string of the molecule is COC(=O)CC(OC)C(=O)c1ccc2c(OC)cccc2c1O. The van der Waals surface area contributed by atoms with E-state index in [9.17, 15) is 14.7 Å². The summed E-state index contributed by atoms with van der Waals surface area (Å²) in [6, 6.07) is 8.35. The average Bonchev–Trinajstić information content (AvgIpc) is 2.58. The van der Waals surface area contributed by atoms with E-state index in [0.717, 1.165) is 0 Å². The van der Waals surface area contributed by atoms with Crippen LogP contribution in [-0.4, -0.2) is 44.3 Å². The number of carbonyl (C=O) groups excluding carboxylic acids is 2. The molecule has 0 amide bonds. The van der Waals surface area contributed by atoms with Crippen LogP contribution in [0.5, 0.6) is 11.5 Å². The maximum atomic E-state index is 12.5. The molecule has 0 radical (unpaired) electrons. The maximum absolute atomic E-state index is 12.5. The van der Waals surface area contributed by atoms with Gasteiger partial charge in [0.25, 0.3) is 0 Å². The molecule has 1 N–H and O–H groups in total. The van der Waals surface area contributed by atoms with Gasteiger partial charge in [-0.2, -0.15) is 0 Å². The third-order valence-electron chi connectivity index (χ3n) is 3.64. The van der Waals surface area contributed by atoms with Crippen molar-refractivity contribution < 1.29 is 28.9 Å². The summed E-state index contributed by atoms with van der Waals surface area (Å²) in [6.45, 7) is 0. The Labute approximate surface area is 133 Å². The number of rotatable bonds is 6. The van der Waals surface area contributed by atoms with Crippen molar-refractivity contribution in [1.82, 2.24) is 0 Å². The van der Waals surface area contributed by atoms with Gasteiger partial charge in [0, 0.05) is 17.9 Å². The Morgan fingerprint density at radius 1 is 1.09 bits per heavy atom. The van der Waals surface area contributed by atoms with Gasteiger partial charge in [-0.05, 0) is 18.2 Å². The van der Waals surface area contributed by atoms with Crippen molar-refractivity contribution in [1.29, 1.82) is 0 Å². The lowest BCUT2D eigenvalue weighted by molar-refractivity contribution is -0.142. The molecular formula is C17H18O6. The number of benzene rings is 2. The Morgan fingerprint density at radius 3 is 2.43 bits per heavy atom. The first-order valence-corrected chi connectivity index (χ1v) is 6.96. The quantitative estimate of drug-likeness (QED) is 0.650. The molecule has 0 heterocycles. The molecule has 1 unspecified atom stereocenters. The summed E-state index contributed by atoms with van der Waals surface area (Å²) in [4.78, 5) is 23.9. The van der Waals surface area contributed by atoms with Gasteiger partial charge in [0.1, 0.15) is 17.6 Å². The third kappa shape index (κ3) is 3.27. The van der Waals surface area contributed by atoms with Crippen LogP contribution in [-0.2, 0) is 14.3 Å². The van der Waals surface area contributed by atoms with Crippen molar-refractivity contribution in [2.45, 2.75) is 12.5 Å². The van der Waals surface area contributed by atoms with E-state index in [1.54, 1.807) is 24.3 Å². The second kappa shape index (κ2) is 7.11. The van der Waals surface area contributed by atoms with Gasteiger partial charge >= 0.3 is 5.97 Å². The van der Waals surface area contributed by atoms with Gasteiger partial charge in [-0.25, -0.2) is 0 Å². The maximum Gasteiger partial charge on any atom is 0.308 e. The van der Waals surface area contributed by atoms with Gasteiger partial charge in [-0.1, -0.05) is 12.1 Å². The van der Waals surface area contributed by atoms with Gasteiger partial charge in [-0.3, -0.25) is 9.59 Å². The van der Waals surface area contributed by atoms with E-state index in [2.05, 4.69) is 4.74 Å². The minimum atomic E-state index is -1.02. The molecule has 0 spiro atoms. The number of hydrogen-bond acceptors (Lipinski definition) is 6. The van der Waals surface area contributed by atoms with E-state index in [1.807, 2.05) is 0 Å². The Bertz CT molecular complexity index is 737. The van der Waals surface area contributed by atoms with Gasteiger partial charge in [0.15, 0.2) is 5.78 Å². The molecule has 6 heteroatoms. The Kier molecular flexibility index (Phi) is 5.18. The van der Waals surface area contributed by atoms with Crippen molar-refractivity contribution in [3.8, 4) is 11.5 Å². The normalized spacial score (nSPS) is 12.0. The van der Waals surface area contributed by atoms with E-state index in [0.29, 0.717) is 16.5 Å². The summed E-state index contributed by atoms with van der Waals surface area (Å²) in [6.07, 6.45) is -1.24. The minimum Gasteiger partial charge on any atom is -0.507 e. The lowest BCUT2D eigenvalue weighted by atomic mass is 9.98. The van der Waals surface area contributed by atoms with Crippen LogP contribution < -0.4 is 4.74 Å². The number of methoxy groups -OCH3 is 3. The summed E-state index contributed by atoms with van der Waals surface area (Å²) in [5.41, 5.74) is 0.0847. The summed E-state index contributed by atoms with van der Waals surface area (Å²) >= 11 is 0. The average molecular weight is 318 g/mol. The van der Waals surface area contributed by atoms with Crippen molar-refractivity contribution in [3.63, 3.8) is 0 Å². The molecule has 0 bridgehead atoms. The Hall–Kier alpha value is -2.60. The lowest BCUT2D eigenvalue weighted by Crippen LogP contribution is -2.27. The Balaban J connectivity index is 2.45. The number of fused-ring (bicyclic) bond motifs is 1. The van der Waals surface area contributed by atoms with Crippen LogP contribution in [0.15, 0.2) is 30.3 Å². The van der Waals surface area contributed by atoms with Crippen LogP contribution in [0.3, 0.4) is 0 Å². The van der Waals surface area contributed by atoms with Crippen molar-refractivity contribution in [2.24, 2.45) is 0 Å². The molecule has 2 aromatic rings. The standard InChI is InChI=1S/C17H18O6/c1-21-13-6-4-5-11-10(13)7-8-12(16(11)19)17(20)14(22-2)9-15(18)23-3/h4-8,14,19H,9H2,1-3H3. The fourth-order valence-electron chi connectivity index (χ4n) is 2.38. The molecule has 2 aromatic carbocycles. The molecule has 0 saturated carbocycles. The molecule has 0 aromatic heterocycles. The molecule has 0 saturated heterocycles. The van der Waals surface area contributed by atoms with Crippen molar-refractivity contribution >= 4 is 22.5 Å². The largest absolute Gasteiger partial charge is 0.507 e. The van der Waals surface area contributed by atoms with Crippen LogP contribution in [0.25, 0.3) is 10.8 Å². The highest BCUT2D eigenvalue weighted by Gasteiger charge is 2.26. The van der Waals surface area contributed by atoms with Crippen LogP contribution in [0.4, 0.5) is 0 Å². The van der Waals surface area contributed by atoms with Gasteiger partial charge in [0.2, 0.25) is 0 Å². The number of aromatic hydroxyl groups is 1. The molecule has 122 valence electrons. The molecule has 0 aliphatic heterocycles. The van der Waals surface area contributed by atoms with Crippen LogP contribution in [0.1, 0.15) is 16.8 Å². The van der Waals surface area contributed by atoms with Crippen molar-refractivity contribution in [2.75, 3.05) is 21.3 Å². The number of ketones is 1. The van der Waals surface area contributed by atoms with Crippen LogP contribution in [0.2, 0.25) is 0 Å². The van der Waals surface area contributed by atoms with E-state index < -0.39 is 17.9 Å². The van der Waals surface area contributed by atoms with E-state index in [-0.39, 0.29) is 17.7 Å². The van der Waals surface area contributed by atoms with E-state index in [1.165, 1.54) is 27.4 Å². The predicted octanol–water partition coefficient (Wildman–Crippen LogP) is 2.31. The fourth-order valence-corrected chi connectivity index (χ4v) is 2.38. The summed E-state index contributed by atoms with van der Waals surface area (Å²) in [5, 5.41) is 11.6. The first-order chi connectivity index (χ1) is 11.0. The molecule has 0 aliphatic carbocycles. The van der Waals surface area contributed by atoms with Gasteiger partial charge in [0.05, 0.1) is 26.2 Å². The van der Waals surface area contributed by atoms with E-state index in [4.69, 9.17) is 9.47 Å². The minimum absolute atomic E-state index is 0.0847.